The van der Waals surface area contributed by atoms with Crippen molar-refractivity contribution >= 4 is 19.8 Å². The zero-order valence-electron chi connectivity index (χ0n) is 43.1. The molecule has 0 bridgehead atoms. The number of ether oxygens (including phenoxy) is 2. The molecular formula is C57H96NO8P. The van der Waals surface area contributed by atoms with Crippen LogP contribution in [-0.2, 0) is 32.7 Å². The van der Waals surface area contributed by atoms with E-state index in [-0.39, 0.29) is 26.1 Å². The quantitative estimate of drug-likeness (QED) is 0.0195. The summed E-state index contributed by atoms with van der Waals surface area (Å²) in [5.41, 5.74) is 0. The smallest absolute Gasteiger partial charge is 0.306 e. The lowest BCUT2D eigenvalue weighted by Crippen LogP contribution is -2.37. The maximum atomic E-state index is 12.7. The van der Waals surface area contributed by atoms with Gasteiger partial charge in [0.05, 0.1) is 27.7 Å². The highest BCUT2D eigenvalue weighted by Crippen LogP contribution is 2.38. The Morgan fingerprint density at radius 2 is 0.851 bits per heavy atom. The molecule has 67 heavy (non-hydrogen) atoms. The van der Waals surface area contributed by atoms with Gasteiger partial charge in [0.1, 0.15) is 19.8 Å². The van der Waals surface area contributed by atoms with Crippen LogP contribution in [0.4, 0.5) is 0 Å². The molecule has 382 valence electrons. The fourth-order valence-electron chi connectivity index (χ4n) is 6.49. The van der Waals surface area contributed by atoms with E-state index in [1.807, 2.05) is 21.1 Å². The molecule has 0 saturated heterocycles. The van der Waals surface area contributed by atoms with E-state index in [9.17, 15) is 19.0 Å². The van der Waals surface area contributed by atoms with E-state index in [0.717, 1.165) is 96.3 Å². The average Bonchev–Trinajstić information content (AvgIpc) is 3.29. The normalized spacial score (nSPS) is 14.3. The second-order valence-electron chi connectivity index (χ2n) is 18.1. The van der Waals surface area contributed by atoms with Crippen molar-refractivity contribution in [3.05, 3.63) is 109 Å². The second kappa shape index (κ2) is 47.7. The van der Waals surface area contributed by atoms with Gasteiger partial charge in [-0.3, -0.25) is 14.2 Å². The molecule has 0 aliphatic heterocycles. The Labute approximate surface area is 410 Å². The Morgan fingerprint density at radius 1 is 0.478 bits per heavy atom. The summed E-state index contributed by atoms with van der Waals surface area (Å²) in [7, 11) is 1.11. The molecule has 0 aliphatic rings. The van der Waals surface area contributed by atoms with E-state index in [2.05, 4.69) is 123 Å². The Bertz CT molecular complexity index is 1500. The molecule has 9 nitrogen and oxygen atoms in total. The topological polar surface area (TPSA) is 111 Å². The van der Waals surface area contributed by atoms with Crippen LogP contribution in [0.2, 0.25) is 0 Å². The van der Waals surface area contributed by atoms with Crippen LogP contribution in [-0.4, -0.2) is 70.0 Å². The first kappa shape index (κ1) is 63.7. The fraction of sp³-hybridized carbons (Fsp3) is 0.649. The van der Waals surface area contributed by atoms with Crippen molar-refractivity contribution in [3.8, 4) is 0 Å². The molecule has 0 aliphatic carbocycles. The Hall–Kier alpha value is -3.33. The van der Waals surface area contributed by atoms with E-state index in [1.54, 1.807) is 0 Å². The number of carbonyl (C=O) groups is 2. The van der Waals surface area contributed by atoms with E-state index in [4.69, 9.17) is 18.5 Å². The van der Waals surface area contributed by atoms with Gasteiger partial charge < -0.3 is 27.9 Å². The van der Waals surface area contributed by atoms with Crippen LogP contribution < -0.4 is 4.89 Å². The van der Waals surface area contributed by atoms with Gasteiger partial charge >= 0.3 is 11.9 Å². The highest BCUT2D eigenvalue weighted by Gasteiger charge is 2.21. The lowest BCUT2D eigenvalue weighted by molar-refractivity contribution is -0.870. The van der Waals surface area contributed by atoms with Crippen molar-refractivity contribution in [2.24, 2.45) is 0 Å². The fourth-order valence-corrected chi connectivity index (χ4v) is 7.22. The van der Waals surface area contributed by atoms with Crippen LogP contribution in [0.1, 0.15) is 187 Å². The van der Waals surface area contributed by atoms with Crippen LogP contribution in [0.3, 0.4) is 0 Å². The largest absolute Gasteiger partial charge is 0.756 e. The summed E-state index contributed by atoms with van der Waals surface area (Å²) < 4.78 is 34.0. The number of phosphoric ester groups is 1. The first-order valence-corrected chi connectivity index (χ1v) is 27.6. The van der Waals surface area contributed by atoms with Gasteiger partial charge in [0.15, 0.2) is 6.10 Å². The first-order chi connectivity index (χ1) is 32.5. The lowest BCUT2D eigenvalue weighted by atomic mass is 10.1. The Balaban J connectivity index is 4.38. The molecule has 0 N–H and O–H groups in total. The molecule has 0 aromatic rings. The van der Waals surface area contributed by atoms with Gasteiger partial charge in [0.25, 0.3) is 7.82 Å². The maximum absolute atomic E-state index is 12.7. The number of carbonyl (C=O) groups excluding carboxylic acids is 2. The monoisotopic (exact) mass is 954 g/mol. The SMILES string of the molecule is CC/C=C\C/C=C\C/C=C\C/C=C\C/C=C\C/C=C\C/C=C\C/C=C\CCCCC(=O)OC(COC(=O)CCCCCCC/C=C\CCCCCCCCC)COP(=O)([O-])OCC[N+](C)(C)C. The van der Waals surface area contributed by atoms with Gasteiger partial charge in [-0.25, -0.2) is 0 Å². The van der Waals surface area contributed by atoms with E-state index in [0.29, 0.717) is 23.9 Å². The van der Waals surface area contributed by atoms with Gasteiger partial charge in [-0.1, -0.05) is 181 Å². The minimum Gasteiger partial charge on any atom is -0.756 e. The lowest BCUT2D eigenvalue weighted by Gasteiger charge is -2.28. The average molecular weight is 954 g/mol. The molecule has 0 rings (SSSR count). The Morgan fingerprint density at radius 3 is 1.31 bits per heavy atom. The Kier molecular flexibility index (Phi) is 45.4. The summed E-state index contributed by atoms with van der Waals surface area (Å²) in [6, 6.07) is 0. The maximum Gasteiger partial charge on any atom is 0.306 e. The van der Waals surface area contributed by atoms with Crippen molar-refractivity contribution < 1.29 is 42.1 Å². The molecule has 10 heteroatoms. The molecule has 0 aromatic carbocycles. The summed E-state index contributed by atoms with van der Waals surface area (Å²) in [6.45, 7) is 4.04. The van der Waals surface area contributed by atoms with Gasteiger partial charge in [-0.05, 0) is 103 Å². The summed E-state index contributed by atoms with van der Waals surface area (Å²) >= 11 is 0. The van der Waals surface area contributed by atoms with Crippen LogP contribution in [0, 0.1) is 0 Å². The molecule has 0 saturated carbocycles. The van der Waals surface area contributed by atoms with Crippen molar-refractivity contribution in [1.82, 2.24) is 0 Å². The number of quaternary nitrogens is 1. The number of unbranched alkanes of at least 4 members (excludes halogenated alkanes) is 14. The molecule has 0 aromatic heterocycles. The number of hydrogen-bond donors (Lipinski definition) is 0. The second-order valence-corrected chi connectivity index (χ2v) is 19.6. The van der Waals surface area contributed by atoms with Crippen LogP contribution >= 0.6 is 7.82 Å². The number of allylic oxidation sites excluding steroid dienone is 18. The highest BCUT2D eigenvalue weighted by molar-refractivity contribution is 7.45. The van der Waals surface area contributed by atoms with Crippen LogP contribution in [0.25, 0.3) is 0 Å². The molecule has 0 amide bonds. The molecule has 0 heterocycles. The van der Waals surface area contributed by atoms with E-state index in [1.165, 1.54) is 51.4 Å². The first-order valence-electron chi connectivity index (χ1n) is 26.1. The summed E-state index contributed by atoms with van der Waals surface area (Å²) in [5, 5.41) is 0. The molecule has 0 fully saturated rings. The summed E-state index contributed by atoms with van der Waals surface area (Å²) in [4.78, 5) is 37.7. The van der Waals surface area contributed by atoms with Gasteiger partial charge in [0, 0.05) is 12.8 Å². The molecule has 0 radical (unpaired) electrons. The van der Waals surface area contributed by atoms with Crippen LogP contribution in [0.15, 0.2) is 109 Å². The van der Waals surface area contributed by atoms with Crippen molar-refractivity contribution in [2.45, 2.75) is 193 Å². The van der Waals surface area contributed by atoms with Gasteiger partial charge in [-0.2, -0.15) is 0 Å². The van der Waals surface area contributed by atoms with Crippen molar-refractivity contribution in [2.75, 3.05) is 47.5 Å². The van der Waals surface area contributed by atoms with E-state index < -0.39 is 32.5 Å². The predicted molar refractivity (Wildman–Crippen MR) is 282 cm³/mol. The van der Waals surface area contributed by atoms with Crippen LogP contribution in [0.5, 0.6) is 0 Å². The zero-order valence-corrected chi connectivity index (χ0v) is 43.9. The third-order valence-corrected chi connectivity index (χ3v) is 11.5. The van der Waals surface area contributed by atoms with Gasteiger partial charge in [0.2, 0.25) is 0 Å². The summed E-state index contributed by atoms with van der Waals surface area (Å²) in [5.74, 6) is -0.903. The molecule has 0 spiro atoms. The van der Waals surface area contributed by atoms with Crippen molar-refractivity contribution in [3.63, 3.8) is 0 Å². The number of likely N-dealkylation sites (N-methyl/N-ethyl adjacent to an activating group) is 1. The number of esters is 2. The minimum atomic E-state index is -4.65. The predicted octanol–water partition coefficient (Wildman–Crippen LogP) is 15.2. The minimum absolute atomic E-state index is 0.0468. The van der Waals surface area contributed by atoms with Crippen molar-refractivity contribution in [1.29, 1.82) is 0 Å². The molecular weight excluding hydrogens is 858 g/mol. The zero-order chi connectivity index (χ0) is 49.2. The van der Waals surface area contributed by atoms with E-state index >= 15 is 0 Å². The standard InChI is InChI=1S/C57H96NO8P/c1-6-8-10-12-14-16-18-20-22-24-25-26-27-28-29-30-31-32-33-34-36-38-40-42-44-46-48-50-57(60)66-55(54-65-67(61,62)64-52-51-58(3,4)5)53-63-56(59)49-47-45-43-41-39-37-35-23-21-19-17-15-13-11-9-7-2/h8,10,14,16,20,22-23,25-26,28-29,31-32,34-36,40,42,55H,6-7,9,11-13,15,17-19,21,24,27,30,33,37-39,41,43-54H2,1-5H3/b10-8-,16-14-,22-20-,26-25-,29-28-,32-31-,35-23-,36-34-,42-40-. The number of hydrogen-bond acceptors (Lipinski definition) is 8. The third kappa shape index (κ3) is 51.9. The summed E-state index contributed by atoms with van der Waals surface area (Å²) in [6.07, 6.45) is 65.5. The van der Waals surface area contributed by atoms with Gasteiger partial charge in [-0.15, -0.1) is 0 Å². The molecule has 2 atom stereocenters. The molecule has 2 unspecified atom stereocenters. The number of rotatable bonds is 46. The highest BCUT2D eigenvalue weighted by atomic mass is 31.2. The number of nitrogens with zero attached hydrogens (tertiary/aromatic N) is 1. The third-order valence-electron chi connectivity index (χ3n) is 10.5. The number of phosphoric acid groups is 1.